The van der Waals surface area contributed by atoms with Crippen LogP contribution in [0.15, 0.2) is 24.4 Å². The Morgan fingerprint density at radius 2 is 2.38 bits per heavy atom. The standard InChI is InChI=1S/C9H15N3O/c1-10-9(7-13)12-6-8-4-2-3-5-11-8/h2-5,9-10,12-13H,6-7H2,1H3. The van der Waals surface area contributed by atoms with Gasteiger partial charge in [-0.1, -0.05) is 6.07 Å². The summed E-state index contributed by atoms with van der Waals surface area (Å²) >= 11 is 0. The highest BCUT2D eigenvalue weighted by Gasteiger charge is 2.01. The van der Waals surface area contributed by atoms with Gasteiger partial charge < -0.3 is 10.4 Å². The molecule has 0 radical (unpaired) electrons. The Balaban J connectivity index is 2.34. The number of nitrogens with zero attached hydrogens (tertiary/aromatic N) is 1. The summed E-state index contributed by atoms with van der Waals surface area (Å²) in [6.45, 7) is 0.732. The van der Waals surface area contributed by atoms with Crippen molar-refractivity contribution in [1.82, 2.24) is 15.6 Å². The van der Waals surface area contributed by atoms with Crippen LogP contribution in [0.2, 0.25) is 0 Å². The molecule has 0 aromatic carbocycles. The van der Waals surface area contributed by atoms with Crippen LogP contribution in [0.3, 0.4) is 0 Å². The molecule has 3 N–H and O–H groups in total. The Bertz CT molecular complexity index is 224. The average molecular weight is 181 g/mol. The molecule has 13 heavy (non-hydrogen) atoms. The van der Waals surface area contributed by atoms with Crippen LogP contribution in [-0.4, -0.2) is 29.9 Å². The fraction of sp³-hybridized carbons (Fsp3) is 0.444. The van der Waals surface area contributed by atoms with Gasteiger partial charge in [-0.15, -0.1) is 0 Å². The highest BCUT2D eigenvalue weighted by atomic mass is 16.3. The lowest BCUT2D eigenvalue weighted by Gasteiger charge is -2.14. The summed E-state index contributed by atoms with van der Waals surface area (Å²) in [5.74, 6) is 0. The van der Waals surface area contributed by atoms with Crippen LogP contribution in [0.1, 0.15) is 5.69 Å². The molecule has 0 saturated carbocycles. The first-order valence-electron chi connectivity index (χ1n) is 4.28. The maximum absolute atomic E-state index is 8.86. The van der Waals surface area contributed by atoms with Crippen molar-refractivity contribution >= 4 is 0 Å². The molecule has 1 rings (SSSR count). The van der Waals surface area contributed by atoms with Gasteiger partial charge in [-0.25, -0.2) is 0 Å². The first-order chi connectivity index (χ1) is 6.36. The second-order valence-electron chi connectivity index (χ2n) is 2.73. The minimum absolute atomic E-state index is 0.0676. The van der Waals surface area contributed by atoms with Gasteiger partial charge in [0.15, 0.2) is 0 Å². The smallest absolute Gasteiger partial charge is 0.0811 e. The number of hydrogen-bond acceptors (Lipinski definition) is 4. The predicted molar refractivity (Wildman–Crippen MR) is 51.0 cm³/mol. The highest BCUT2D eigenvalue weighted by molar-refractivity contribution is 5.02. The minimum Gasteiger partial charge on any atom is -0.393 e. The summed E-state index contributed by atoms with van der Waals surface area (Å²) in [7, 11) is 1.80. The molecule has 1 aromatic rings. The Morgan fingerprint density at radius 3 is 2.92 bits per heavy atom. The zero-order chi connectivity index (χ0) is 9.52. The summed E-state index contributed by atoms with van der Waals surface area (Å²) in [5, 5.41) is 14.9. The maximum Gasteiger partial charge on any atom is 0.0811 e. The van der Waals surface area contributed by atoms with E-state index in [9.17, 15) is 0 Å². The number of aromatic nitrogens is 1. The molecule has 0 aliphatic carbocycles. The highest BCUT2D eigenvalue weighted by Crippen LogP contribution is 1.92. The molecule has 0 amide bonds. The molecule has 1 atom stereocenters. The summed E-state index contributed by atoms with van der Waals surface area (Å²) in [5.41, 5.74) is 0.969. The van der Waals surface area contributed by atoms with E-state index in [0.717, 1.165) is 5.69 Å². The fourth-order valence-corrected chi connectivity index (χ4v) is 0.988. The van der Waals surface area contributed by atoms with Gasteiger partial charge in [0, 0.05) is 12.7 Å². The molecule has 0 saturated heterocycles. The van der Waals surface area contributed by atoms with E-state index in [4.69, 9.17) is 5.11 Å². The third-order valence-electron chi connectivity index (χ3n) is 1.79. The average Bonchev–Trinajstić information content (AvgIpc) is 2.21. The van der Waals surface area contributed by atoms with Gasteiger partial charge in [-0.3, -0.25) is 10.3 Å². The zero-order valence-corrected chi connectivity index (χ0v) is 7.70. The largest absolute Gasteiger partial charge is 0.393 e. The van der Waals surface area contributed by atoms with E-state index in [-0.39, 0.29) is 12.8 Å². The molecule has 4 heteroatoms. The van der Waals surface area contributed by atoms with Gasteiger partial charge in [0.05, 0.1) is 18.5 Å². The zero-order valence-electron chi connectivity index (χ0n) is 7.70. The quantitative estimate of drug-likeness (QED) is 0.546. The van der Waals surface area contributed by atoms with E-state index >= 15 is 0 Å². The van der Waals surface area contributed by atoms with Crippen LogP contribution in [0.4, 0.5) is 0 Å². The van der Waals surface area contributed by atoms with Crippen molar-refractivity contribution in [3.05, 3.63) is 30.1 Å². The number of aliphatic hydroxyl groups excluding tert-OH is 1. The van der Waals surface area contributed by atoms with Gasteiger partial charge >= 0.3 is 0 Å². The van der Waals surface area contributed by atoms with Crippen molar-refractivity contribution in [1.29, 1.82) is 0 Å². The molecule has 0 aliphatic heterocycles. The number of pyridine rings is 1. The summed E-state index contributed by atoms with van der Waals surface area (Å²) in [6, 6.07) is 5.76. The molecule has 4 nitrogen and oxygen atoms in total. The summed E-state index contributed by atoms with van der Waals surface area (Å²) < 4.78 is 0. The van der Waals surface area contributed by atoms with Crippen LogP contribution in [0, 0.1) is 0 Å². The van der Waals surface area contributed by atoms with Gasteiger partial charge in [0.25, 0.3) is 0 Å². The topological polar surface area (TPSA) is 57.2 Å². The molecular formula is C9H15N3O. The van der Waals surface area contributed by atoms with Crippen LogP contribution < -0.4 is 10.6 Å². The normalized spacial score (nSPS) is 12.8. The fourth-order valence-electron chi connectivity index (χ4n) is 0.988. The van der Waals surface area contributed by atoms with Gasteiger partial charge in [-0.2, -0.15) is 0 Å². The van der Waals surface area contributed by atoms with Crippen molar-refractivity contribution < 1.29 is 5.11 Å². The third kappa shape index (κ3) is 3.50. The van der Waals surface area contributed by atoms with Crippen LogP contribution in [0.25, 0.3) is 0 Å². The van der Waals surface area contributed by atoms with Crippen LogP contribution >= 0.6 is 0 Å². The van der Waals surface area contributed by atoms with Crippen molar-refractivity contribution in [3.63, 3.8) is 0 Å². The Kier molecular flexibility index (Phi) is 4.39. The lowest BCUT2D eigenvalue weighted by molar-refractivity contribution is 0.224. The van der Waals surface area contributed by atoms with Crippen molar-refractivity contribution in [3.8, 4) is 0 Å². The molecular weight excluding hydrogens is 166 g/mol. The Hall–Kier alpha value is -0.970. The van der Waals surface area contributed by atoms with Crippen molar-refractivity contribution in [2.24, 2.45) is 0 Å². The van der Waals surface area contributed by atoms with Gasteiger partial charge in [-0.05, 0) is 19.2 Å². The summed E-state index contributed by atoms with van der Waals surface area (Å²) in [4.78, 5) is 4.15. The Labute approximate surface area is 78.0 Å². The van der Waals surface area contributed by atoms with E-state index in [2.05, 4.69) is 15.6 Å². The lowest BCUT2D eigenvalue weighted by Crippen LogP contribution is -2.42. The van der Waals surface area contributed by atoms with Crippen LogP contribution in [0.5, 0.6) is 0 Å². The van der Waals surface area contributed by atoms with E-state index in [0.29, 0.717) is 6.54 Å². The SMILES string of the molecule is CNC(CO)NCc1ccccn1. The molecule has 0 fully saturated rings. The number of hydrogen-bond donors (Lipinski definition) is 3. The van der Waals surface area contributed by atoms with Crippen molar-refractivity contribution in [2.45, 2.75) is 12.7 Å². The minimum atomic E-state index is -0.0676. The van der Waals surface area contributed by atoms with E-state index in [1.54, 1.807) is 13.2 Å². The molecule has 0 spiro atoms. The third-order valence-corrected chi connectivity index (χ3v) is 1.79. The van der Waals surface area contributed by atoms with E-state index < -0.39 is 0 Å². The Morgan fingerprint density at radius 1 is 1.54 bits per heavy atom. The van der Waals surface area contributed by atoms with Crippen LogP contribution in [-0.2, 0) is 6.54 Å². The molecule has 72 valence electrons. The first kappa shape index (κ1) is 10.1. The second kappa shape index (κ2) is 5.64. The summed E-state index contributed by atoms with van der Waals surface area (Å²) in [6.07, 6.45) is 1.69. The molecule has 1 heterocycles. The molecule has 1 aromatic heterocycles. The number of rotatable bonds is 5. The van der Waals surface area contributed by atoms with Gasteiger partial charge in [0.1, 0.15) is 0 Å². The number of nitrogens with one attached hydrogen (secondary N) is 2. The number of aliphatic hydroxyl groups is 1. The number of likely N-dealkylation sites (N-methyl/N-ethyl adjacent to an activating group) is 1. The van der Waals surface area contributed by atoms with Crippen molar-refractivity contribution in [2.75, 3.05) is 13.7 Å². The maximum atomic E-state index is 8.86. The molecule has 1 unspecified atom stereocenters. The predicted octanol–water partition coefficient (Wildman–Crippen LogP) is -0.291. The molecule has 0 bridgehead atoms. The van der Waals surface area contributed by atoms with E-state index in [1.807, 2.05) is 18.2 Å². The van der Waals surface area contributed by atoms with E-state index in [1.165, 1.54) is 0 Å². The first-order valence-corrected chi connectivity index (χ1v) is 4.28. The lowest BCUT2D eigenvalue weighted by atomic mass is 10.3. The van der Waals surface area contributed by atoms with Gasteiger partial charge in [0.2, 0.25) is 0 Å². The monoisotopic (exact) mass is 181 g/mol. The second-order valence-corrected chi connectivity index (χ2v) is 2.73. The molecule has 0 aliphatic rings.